The molecule has 2 aromatic heterocycles. The lowest BCUT2D eigenvalue weighted by atomic mass is 9.28. The Morgan fingerprint density at radius 3 is 1.64 bits per heavy atom. The molecule has 0 unspecified atom stereocenters. The van der Waals surface area contributed by atoms with Gasteiger partial charge in [-0.2, -0.15) is 0 Å². The van der Waals surface area contributed by atoms with Crippen LogP contribution in [0.25, 0.3) is 31.3 Å². The number of aryl methyl sites for hydroxylation is 5. The zero-order valence-corrected chi connectivity index (χ0v) is 37.4. The monoisotopic (exact) mass is 765 g/mol. The van der Waals surface area contributed by atoms with E-state index in [-0.39, 0.29) is 29.7 Å². The van der Waals surface area contributed by atoms with Crippen LogP contribution < -0.4 is 37.7 Å². The van der Waals surface area contributed by atoms with Crippen LogP contribution >= 0.6 is 22.7 Å². The van der Waals surface area contributed by atoms with E-state index < -0.39 is 0 Å². The van der Waals surface area contributed by atoms with E-state index in [0.29, 0.717) is 0 Å². The average molecular weight is 766 g/mol. The standard InChI is InChI=1S/C51H53B2NS2/c1-26-19-28(3)42(29(4)20-26)52-36-24-32(50(9,10)11)25-37-46(36)54(47-44(52)33-23-31(49(6,7)8)15-17-38(33)55-47)48-45-41-39(56-48)18-16-35(51(12,13)14)40(41)34-22-27(2)21-30(5)43(34)53(37)45/h15-25H,1-14H3. The second kappa shape index (κ2) is 11.5. The van der Waals surface area contributed by atoms with Crippen LogP contribution in [-0.4, -0.2) is 13.4 Å². The highest BCUT2D eigenvalue weighted by Gasteiger charge is 2.50. The van der Waals surface area contributed by atoms with Crippen molar-refractivity contribution in [1.82, 2.24) is 0 Å². The molecule has 0 amide bonds. The van der Waals surface area contributed by atoms with Crippen molar-refractivity contribution in [2.45, 2.75) is 113 Å². The number of rotatable bonds is 1. The molecular formula is C51H53B2NS2. The van der Waals surface area contributed by atoms with Crippen molar-refractivity contribution in [2.75, 3.05) is 4.90 Å². The highest BCUT2D eigenvalue weighted by molar-refractivity contribution is 7.29. The summed E-state index contributed by atoms with van der Waals surface area (Å²) in [6, 6.07) is 27.3. The maximum Gasteiger partial charge on any atom is 0.249 e. The molecule has 10 rings (SSSR count). The van der Waals surface area contributed by atoms with Gasteiger partial charge in [-0.25, -0.2) is 0 Å². The second-order valence-corrected chi connectivity index (χ2v) is 22.6. The second-order valence-electron chi connectivity index (χ2n) is 20.5. The predicted octanol–water partition coefficient (Wildman–Crippen LogP) is 10.7. The number of nitrogens with zero attached hydrogens (tertiary/aromatic N) is 1. The van der Waals surface area contributed by atoms with E-state index in [9.17, 15) is 0 Å². The quantitative estimate of drug-likeness (QED) is 0.151. The lowest BCUT2D eigenvalue weighted by molar-refractivity contribution is 0.591. The Hall–Kier alpha value is -4.05. The lowest BCUT2D eigenvalue weighted by Crippen LogP contribution is -2.66. The van der Waals surface area contributed by atoms with E-state index in [4.69, 9.17) is 0 Å². The van der Waals surface area contributed by atoms with Crippen LogP contribution in [-0.2, 0) is 16.2 Å². The fraction of sp³-hybridized carbons (Fsp3) is 0.333. The molecule has 0 bridgehead atoms. The number of thiophene rings is 2. The minimum absolute atomic E-state index is 0.00472. The van der Waals surface area contributed by atoms with E-state index >= 15 is 0 Å². The van der Waals surface area contributed by atoms with E-state index in [1.165, 1.54) is 124 Å². The van der Waals surface area contributed by atoms with Gasteiger partial charge >= 0.3 is 0 Å². The Bertz CT molecular complexity index is 2860. The Labute approximate surface area is 343 Å². The Kier molecular flexibility index (Phi) is 7.48. The number of hydrogen-bond acceptors (Lipinski definition) is 3. The van der Waals surface area contributed by atoms with Gasteiger partial charge in [0, 0.05) is 15.1 Å². The summed E-state index contributed by atoms with van der Waals surface area (Å²) in [6.45, 7) is 33.4. The topological polar surface area (TPSA) is 3.24 Å². The van der Waals surface area contributed by atoms with Gasteiger partial charge in [-0.3, -0.25) is 4.90 Å². The fourth-order valence-electron chi connectivity index (χ4n) is 10.8. The molecule has 280 valence electrons. The highest BCUT2D eigenvalue weighted by Crippen LogP contribution is 2.52. The van der Waals surface area contributed by atoms with Gasteiger partial charge < -0.3 is 0 Å². The largest absolute Gasteiger partial charge is 0.295 e. The molecule has 3 aliphatic heterocycles. The summed E-state index contributed by atoms with van der Waals surface area (Å²) in [7, 11) is 0. The first-order valence-electron chi connectivity index (χ1n) is 20.6. The Morgan fingerprint density at radius 1 is 0.500 bits per heavy atom. The summed E-state index contributed by atoms with van der Waals surface area (Å²) in [4.78, 5) is 2.77. The Balaban J connectivity index is 1.43. The molecule has 0 fully saturated rings. The molecule has 5 aromatic carbocycles. The molecule has 0 spiro atoms. The molecule has 0 aliphatic carbocycles. The SMILES string of the molecule is Cc1cc(C)c(B2c3cc(C(C)(C)C)cc4c3N(c3sc5ccc(C(C)(C)C)cc5c32)c2sc3ccc(C(C)(C)C)c5c3c2B4c2c(C)cc(C)cc2-5)c(C)c1. The predicted molar refractivity (Wildman–Crippen MR) is 253 cm³/mol. The normalized spacial score (nSPS) is 14.5. The molecule has 3 aliphatic rings. The molecule has 0 atom stereocenters. The summed E-state index contributed by atoms with van der Waals surface area (Å²) < 4.78 is 2.79. The zero-order valence-electron chi connectivity index (χ0n) is 35.8. The van der Waals surface area contributed by atoms with E-state index in [2.05, 4.69) is 169 Å². The number of hydrogen-bond donors (Lipinski definition) is 0. The molecule has 0 radical (unpaired) electrons. The molecule has 5 heteroatoms. The summed E-state index contributed by atoms with van der Waals surface area (Å²) in [5, 5.41) is 5.72. The van der Waals surface area contributed by atoms with Crippen LogP contribution in [0, 0.1) is 34.6 Å². The first kappa shape index (κ1) is 36.3. The van der Waals surface area contributed by atoms with Crippen molar-refractivity contribution < 1.29 is 0 Å². The van der Waals surface area contributed by atoms with Gasteiger partial charge in [0.2, 0.25) is 13.4 Å². The third-order valence-corrected chi connectivity index (χ3v) is 15.6. The molecule has 0 saturated carbocycles. The van der Waals surface area contributed by atoms with Crippen LogP contribution in [0.4, 0.5) is 15.7 Å². The maximum atomic E-state index is 2.77. The summed E-state index contributed by atoms with van der Waals surface area (Å²) in [5.74, 6) is 0. The van der Waals surface area contributed by atoms with Gasteiger partial charge in [0.15, 0.2) is 0 Å². The van der Waals surface area contributed by atoms with Crippen LogP contribution in [0.5, 0.6) is 0 Å². The molecule has 56 heavy (non-hydrogen) atoms. The van der Waals surface area contributed by atoms with E-state index in [1.807, 2.05) is 22.7 Å². The minimum Gasteiger partial charge on any atom is -0.295 e. The smallest absolute Gasteiger partial charge is 0.249 e. The number of fused-ring (bicyclic) bond motifs is 9. The first-order chi connectivity index (χ1) is 26.2. The minimum atomic E-state index is -0.0317. The third-order valence-electron chi connectivity index (χ3n) is 13.2. The van der Waals surface area contributed by atoms with E-state index in [0.717, 1.165) is 0 Å². The van der Waals surface area contributed by atoms with Crippen molar-refractivity contribution in [3.8, 4) is 11.1 Å². The van der Waals surface area contributed by atoms with Gasteiger partial charge in [-0.15, -0.1) is 22.7 Å². The van der Waals surface area contributed by atoms with Gasteiger partial charge in [0.25, 0.3) is 0 Å². The van der Waals surface area contributed by atoms with Crippen LogP contribution in [0.1, 0.15) is 107 Å². The van der Waals surface area contributed by atoms with Crippen molar-refractivity contribution in [3.05, 3.63) is 111 Å². The molecule has 7 aromatic rings. The molecule has 5 heterocycles. The van der Waals surface area contributed by atoms with Crippen molar-refractivity contribution >= 4 is 105 Å². The van der Waals surface area contributed by atoms with Crippen molar-refractivity contribution in [3.63, 3.8) is 0 Å². The van der Waals surface area contributed by atoms with Crippen molar-refractivity contribution in [1.29, 1.82) is 0 Å². The summed E-state index contributed by atoms with van der Waals surface area (Å²) in [6.07, 6.45) is 0. The average Bonchev–Trinajstić information content (AvgIpc) is 3.66. The van der Waals surface area contributed by atoms with Crippen LogP contribution in [0.3, 0.4) is 0 Å². The highest BCUT2D eigenvalue weighted by atomic mass is 32.1. The van der Waals surface area contributed by atoms with Gasteiger partial charge in [0.05, 0.1) is 10.0 Å². The van der Waals surface area contributed by atoms with Crippen molar-refractivity contribution in [2.24, 2.45) is 0 Å². The van der Waals surface area contributed by atoms with Crippen LogP contribution in [0.15, 0.2) is 66.7 Å². The summed E-state index contributed by atoms with van der Waals surface area (Å²) in [5.41, 5.74) is 24.4. The van der Waals surface area contributed by atoms with E-state index in [1.54, 1.807) is 0 Å². The first-order valence-corrected chi connectivity index (χ1v) is 22.2. The maximum absolute atomic E-state index is 2.77. The Morgan fingerprint density at radius 2 is 1.04 bits per heavy atom. The third kappa shape index (κ3) is 4.92. The number of benzene rings is 5. The van der Waals surface area contributed by atoms with Gasteiger partial charge in [-0.05, 0) is 123 Å². The van der Waals surface area contributed by atoms with Crippen LogP contribution in [0.2, 0.25) is 0 Å². The van der Waals surface area contributed by atoms with Gasteiger partial charge in [0.1, 0.15) is 0 Å². The molecule has 0 N–H and O–H groups in total. The lowest BCUT2D eigenvalue weighted by Gasteiger charge is -2.44. The zero-order chi connectivity index (χ0) is 39.7. The molecule has 0 saturated heterocycles. The number of anilines is 3. The molecular weight excluding hydrogens is 712 g/mol. The van der Waals surface area contributed by atoms with Gasteiger partial charge in [-0.1, -0.05) is 156 Å². The molecule has 1 nitrogen and oxygen atoms in total. The summed E-state index contributed by atoms with van der Waals surface area (Å²) >= 11 is 4.03. The fourth-order valence-corrected chi connectivity index (χ4v) is 13.3.